The number of unbranched alkanes of at least 4 members (excludes halogenated alkanes) is 3. The van der Waals surface area contributed by atoms with Crippen LogP contribution < -0.4 is 5.32 Å². The summed E-state index contributed by atoms with van der Waals surface area (Å²) in [5, 5.41) is 3.08. The maximum atomic E-state index is 12.7. The number of nitrogens with zero attached hydrogens (tertiary/aromatic N) is 1. The molecule has 0 saturated heterocycles. The minimum atomic E-state index is -4.56. The van der Waals surface area contributed by atoms with E-state index < -0.39 is 17.4 Å². The molecule has 1 rings (SSSR count). The molecule has 0 bridgehead atoms. The third-order valence-corrected chi connectivity index (χ3v) is 2.93. The first kappa shape index (κ1) is 16.6. The van der Waals surface area contributed by atoms with Crippen molar-refractivity contribution in [2.24, 2.45) is 0 Å². The third-order valence-electron chi connectivity index (χ3n) is 2.93. The summed E-state index contributed by atoms with van der Waals surface area (Å²) in [7, 11) is 0. The van der Waals surface area contributed by atoms with Gasteiger partial charge in [-0.3, -0.25) is 9.78 Å². The van der Waals surface area contributed by atoms with Gasteiger partial charge in [0.05, 0.1) is 5.56 Å². The van der Waals surface area contributed by atoms with Crippen LogP contribution in [-0.4, -0.2) is 17.8 Å². The minimum absolute atomic E-state index is 0.130. The molecule has 1 N–H and O–H groups in total. The number of halogens is 3. The fourth-order valence-electron chi connectivity index (χ4n) is 1.85. The summed E-state index contributed by atoms with van der Waals surface area (Å²) in [5.41, 5.74) is -1.11. The smallest absolute Gasteiger partial charge is 0.313 e. The van der Waals surface area contributed by atoms with Gasteiger partial charge in [0.15, 0.2) is 6.29 Å². The first-order chi connectivity index (χ1) is 9.49. The Morgan fingerprint density at radius 3 is 2.65 bits per heavy atom. The maximum absolute atomic E-state index is 12.7. The molecule has 0 aliphatic carbocycles. The second kappa shape index (κ2) is 7.99. The lowest BCUT2D eigenvalue weighted by Crippen LogP contribution is -2.17. The number of aromatic nitrogens is 1. The highest BCUT2D eigenvalue weighted by molar-refractivity contribution is 5.74. The second-order valence-corrected chi connectivity index (χ2v) is 4.63. The largest absolute Gasteiger partial charge is 0.418 e. The minimum Gasteiger partial charge on any atom is -0.313 e. The van der Waals surface area contributed by atoms with Gasteiger partial charge in [0.25, 0.3) is 0 Å². The maximum Gasteiger partial charge on any atom is 0.418 e. The number of pyridine rings is 1. The Balaban J connectivity index is 2.57. The molecule has 3 nitrogen and oxygen atoms in total. The van der Waals surface area contributed by atoms with Crippen LogP contribution in [-0.2, 0) is 12.7 Å². The number of carbonyl (C=O) groups is 1. The lowest BCUT2D eigenvalue weighted by Gasteiger charge is -2.11. The van der Waals surface area contributed by atoms with Crippen molar-refractivity contribution in [3.8, 4) is 0 Å². The molecule has 0 fully saturated rings. The van der Waals surface area contributed by atoms with Crippen LogP contribution >= 0.6 is 0 Å². The van der Waals surface area contributed by atoms with Gasteiger partial charge in [0.1, 0.15) is 5.69 Å². The average Bonchev–Trinajstić information content (AvgIpc) is 2.41. The van der Waals surface area contributed by atoms with Gasteiger partial charge in [-0.05, 0) is 24.6 Å². The molecule has 6 heteroatoms. The van der Waals surface area contributed by atoms with Gasteiger partial charge in [-0.1, -0.05) is 26.2 Å². The number of rotatable bonds is 8. The van der Waals surface area contributed by atoms with Crippen LogP contribution in [0.1, 0.15) is 54.2 Å². The van der Waals surface area contributed by atoms with Gasteiger partial charge in [-0.25, -0.2) is 0 Å². The number of aldehydes is 1. The second-order valence-electron chi connectivity index (χ2n) is 4.63. The van der Waals surface area contributed by atoms with Gasteiger partial charge >= 0.3 is 6.18 Å². The molecular weight excluding hydrogens is 269 g/mol. The molecular formula is C14H19F3N2O. The van der Waals surface area contributed by atoms with Crippen LogP contribution in [0.5, 0.6) is 0 Å². The summed E-state index contributed by atoms with van der Waals surface area (Å²) in [6.45, 7) is 3.20. The molecule has 1 aromatic rings. The number of hydrogen-bond acceptors (Lipinski definition) is 3. The summed E-state index contributed by atoms with van der Waals surface area (Å²) in [6, 6.07) is 0.982. The van der Waals surface area contributed by atoms with E-state index in [-0.39, 0.29) is 6.29 Å². The van der Waals surface area contributed by atoms with Crippen molar-refractivity contribution in [1.29, 1.82) is 0 Å². The summed E-state index contributed by atoms with van der Waals surface area (Å²) < 4.78 is 38.2. The molecule has 1 heterocycles. The highest BCUT2D eigenvalue weighted by Crippen LogP contribution is 2.31. The van der Waals surface area contributed by atoms with E-state index in [1.165, 1.54) is 6.20 Å². The van der Waals surface area contributed by atoms with Crippen LogP contribution in [0.2, 0.25) is 0 Å². The number of hydrogen-bond donors (Lipinski definition) is 1. The molecule has 0 unspecified atom stereocenters. The summed E-state index contributed by atoms with van der Waals surface area (Å²) >= 11 is 0. The standard InChI is InChI=1S/C14H19F3N2O/c1-2-3-4-5-6-18-8-11-7-12(14(15,16)17)13(10-20)19-9-11/h7,9-10,18H,2-6,8H2,1H3. The van der Waals surface area contributed by atoms with Crippen molar-refractivity contribution in [3.63, 3.8) is 0 Å². The number of carbonyl (C=O) groups excluding carboxylic acids is 1. The molecule has 0 saturated carbocycles. The lowest BCUT2D eigenvalue weighted by atomic mass is 10.1. The van der Waals surface area contributed by atoms with E-state index in [1.54, 1.807) is 0 Å². The monoisotopic (exact) mass is 288 g/mol. The first-order valence-electron chi connectivity index (χ1n) is 6.71. The molecule has 0 aromatic carbocycles. The van der Waals surface area contributed by atoms with Crippen molar-refractivity contribution < 1.29 is 18.0 Å². The molecule has 0 amide bonds. The van der Waals surface area contributed by atoms with Crippen LogP contribution in [0.25, 0.3) is 0 Å². The molecule has 0 spiro atoms. The van der Waals surface area contributed by atoms with E-state index in [9.17, 15) is 18.0 Å². The zero-order chi connectivity index (χ0) is 15.0. The van der Waals surface area contributed by atoms with Crippen molar-refractivity contribution in [2.75, 3.05) is 6.54 Å². The summed E-state index contributed by atoms with van der Waals surface area (Å²) in [5.74, 6) is 0. The van der Waals surface area contributed by atoms with Gasteiger partial charge < -0.3 is 5.32 Å². The lowest BCUT2D eigenvalue weighted by molar-refractivity contribution is -0.138. The quantitative estimate of drug-likeness (QED) is 0.587. The highest BCUT2D eigenvalue weighted by Gasteiger charge is 2.34. The highest BCUT2D eigenvalue weighted by atomic mass is 19.4. The van der Waals surface area contributed by atoms with E-state index in [1.807, 2.05) is 0 Å². The normalized spacial score (nSPS) is 11.6. The van der Waals surface area contributed by atoms with Crippen molar-refractivity contribution >= 4 is 6.29 Å². The SMILES string of the molecule is CCCCCCNCc1cnc(C=O)c(C(F)(F)F)c1. The number of nitrogens with one attached hydrogen (secondary N) is 1. The zero-order valence-electron chi connectivity index (χ0n) is 11.5. The van der Waals surface area contributed by atoms with Gasteiger partial charge in [-0.2, -0.15) is 13.2 Å². The van der Waals surface area contributed by atoms with Crippen molar-refractivity contribution in [3.05, 3.63) is 29.1 Å². The summed E-state index contributed by atoms with van der Waals surface area (Å²) in [6.07, 6.45) is 1.30. The van der Waals surface area contributed by atoms with Gasteiger partial charge in [-0.15, -0.1) is 0 Å². The van der Waals surface area contributed by atoms with Gasteiger partial charge in [0.2, 0.25) is 0 Å². The Labute approximate surface area is 116 Å². The first-order valence-corrected chi connectivity index (χ1v) is 6.71. The zero-order valence-corrected chi connectivity index (χ0v) is 11.5. The van der Waals surface area contributed by atoms with E-state index in [0.717, 1.165) is 38.3 Å². The van der Waals surface area contributed by atoms with Crippen molar-refractivity contribution in [2.45, 2.75) is 45.3 Å². The molecule has 20 heavy (non-hydrogen) atoms. The fraction of sp³-hybridized carbons (Fsp3) is 0.571. The molecule has 112 valence electrons. The molecule has 0 atom stereocenters. The van der Waals surface area contributed by atoms with Crippen LogP contribution in [0, 0.1) is 0 Å². The molecule has 1 aromatic heterocycles. The van der Waals surface area contributed by atoms with Gasteiger partial charge in [0, 0.05) is 12.7 Å². The van der Waals surface area contributed by atoms with E-state index in [4.69, 9.17) is 0 Å². The van der Waals surface area contributed by atoms with Crippen LogP contribution in [0.15, 0.2) is 12.3 Å². The van der Waals surface area contributed by atoms with E-state index in [2.05, 4.69) is 17.2 Å². The topological polar surface area (TPSA) is 42.0 Å². The Kier molecular flexibility index (Phi) is 6.64. The average molecular weight is 288 g/mol. The third kappa shape index (κ3) is 5.28. The Bertz CT molecular complexity index is 433. The molecule has 0 radical (unpaired) electrons. The van der Waals surface area contributed by atoms with E-state index >= 15 is 0 Å². The van der Waals surface area contributed by atoms with Crippen LogP contribution in [0.4, 0.5) is 13.2 Å². The molecule has 0 aliphatic rings. The number of alkyl halides is 3. The fourth-order valence-corrected chi connectivity index (χ4v) is 1.85. The Hall–Kier alpha value is -1.43. The Morgan fingerprint density at radius 1 is 1.30 bits per heavy atom. The summed E-state index contributed by atoms with van der Waals surface area (Å²) in [4.78, 5) is 14.1. The van der Waals surface area contributed by atoms with E-state index in [0.29, 0.717) is 12.1 Å². The predicted molar refractivity (Wildman–Crippen MR) is 70.5 cm³/mol. The predicted octanol–water partition coefficient (Wildman–Crippen LogP) is 3.58. The molecule has 0 aliphatic heterocycles. The Morgan fingerprint density at radius 2 is 2.05 bits per heavy atom. The van der Waals surface area contributed by atoms with Crippen LogP contribution in [0.3, 0.4) is 0 Å². The van der Waals surface area contributed by atoms with Crippen molar-refractivity contribution in [1.82, 2.24) is 10.3 Å².